The number of benzene rings is 2. The molecule has 117 valence electrons. The Morgan fingerprint density at radius 2 is 1.70 bits per heavy atom. The zero-order valence-corrected chi connectivity index (χ0v) is 13.4. The first kappa shape index (κ1) is 15.5. The van der Waals surface area contributed by atoms with Gasteiger partial charge in [-0.2, -0.15) is 0 Å². The Morgan fingerprint density at radius 3 is 2.39 bits per heavy atom. The molecule has 0 fully saturated rings. The van der Waals surface area contributed by atoms with Crippen LogP contribution in [0.3, 0.4) is 0 Å². The molecule has 1 aliphatic rings. The second-order valence-electron chi connectivity index (χ2n) is 6.40. The van der Waals surface area contributed by atoms with E-state index >= 15 is 0 Å². The van der Waals surface area contributed by atoms with E-state index in [0.717, 1.165) is 17.5 Å². The van der Waals surface area contributed by atoms with Gasteiger partial charge in [0.1, 0.15) is 0 Å². The van der Waals surface area contributed by atoms with Crippen molar-refractivity contribution >= 4 is 11.7 Å². The summed E-state index contributed by atoms with van der Waals surface area (Å²) in [5, 5.41) is 2.94. The minimum atomic E-state index is -0.174. The van der Waals surface area contributed by atoms with Crippen LogP contribution in [0.15, 0.2) is 42.5 Å². The van der Waals surface area contributed by atoms with E-state index in [1.54, 1.807) is 18.2 Å². The van der Waals surface area contributed by atoms with E-state index in [2.05, 4.69) is 26.1 Å². The lowest BCUT2D eigenvalue weighted by molar-refractivity contribution is 0.0941. The molecule has 0 bridgehead atoms. The Labute approximate surface area is 136 Å². The first-order chi connectivity index (χ1) is 11.0. The molecule has 1 aliphatic carbocycles. The lowest BCUT2D eigenvalue weighted by Gasteiger charge is -2.17. The van der Waals surface area contributed by atoms with Crippen LogP contribution in [0.2, 0.25) is 0 Å². The summed E-state index contributed by atoms with van der Waals surface area (Å²) in [5.41, 5.74) is 3.38. The lowest BCUT2D eigenvalue weighted by atomic mass is 9.98. The van der Waals surface area contributed by atoms with Gasteiger partial charge in [0.15, 0.2) is 5.78 Å². The van der Waals surface area contributed by atoms with Crippen molar-refractivity contribution in [2.75, 3.05) is 0 Å². The molecule has 23 heavy (non-hydrogen) atoms. The van der Waals surface area contributed by atoms with Gasteiger partial charge in [-0.1, -0.05) is 50.2 Å². The van der Waals surface area contributed by atoms with Gasteiger partial charge in [0.2, 0.25) is 0 Å². The van der Waals surface area contributed by atoms with Crippen LogP contribution in [0.5, 0.6) is 0 Å². The molecule has 3 rings (SSSR count). The highest BCUT2D eigenvalue weighted by atomic mass is 16.1. The third-order valence-electron chi connectivity index (χ3n) is 4.09. The number of nitrogens with one attached hydrogen (secondary N) is 1. The Bertz CT molecular complexity index is 777. The van der Waals surface area contributed by atoms with Gasteiger partial charge >= 0.3 is 0 Å². The van der Waals surface area contributed by atoms with Crippen molar-refractivity contribution in [2.45, 2.75) is 26.3 Å². The topological polar surface area (TPSA) is 46.2 Å². The minimum absolute atomic E-state index is 0.0152. The van der Waals surface area contributed by atoms with E-state index in [9.17, 15) is 9.59 Å². The number of fused-ring (bicyclic) bond motifs is 3. The summed E-state index contributed by atoms with van der Waals surface area (Å²) in [6.45, 7) is 8.19. The van der Waals surface area contributed by atoms with Gasteiger partial charge in [0.25, 0.3) is 5.91 Å². The van der Waals surface area contributed by atoms with Gasteiger partial charge in [-0.3, -0.25) is 9.59 Å². The van der Waals surface area contributed by atoms with E-state index in [-0.39, 0.29) is 17.7 Å². The maximum atomic E-state index is 12.7. The molecule has 3 heteroatoms. The van der Waals surface area contributed by atoms with Crippen molar-refractivity contribution in [2.24, 2.45) is 5.92 Å². The zero-order chi connectivity index (χ0) is 16.6. The monoisotopic (exact) mass is 306 g/mol. The molecule has 1 atom stereocenters. The highest BCUT2D eigenvalue weighted by Crippen LogP contribution is 2.38. The van der Waals surface area contributed by atoms with Crippen LogP contribution in [-0.4, -0.2) is 17.7 Å². The third kappa shape index (κ3) is 2.79. The van der Waals surface area contributed by atoms with E-state index in [4.69, 9.17) is 0 Å². The van der Waals surface area contributed by atoms with Crippen LogP contribution in [0, 0.1) is 12.8 Å². The van der Waals surface area contributed by atoms with Gasteiger partial charge < -0.3 is 5.32 Å². The van der Waals surface area contributed by atoms with Crippen molar-refractivity contribution in [1.29, 1.82) is 0 Å². The Kier molecular flexibility index (Phi) is 4.03. The number of amides is 1. The second-order valence-corrected chi connectivity index (χ2v) is 6.40. The van der Waals surface area contributed by atoms with Crippen molar-refractivity contribution < 1.29 is 9.59 Å². The molecule has 0 aromatic heterocycles. The Morgan fingerprint density at radius 1 is 1.04 bits per heavy atom. The van der Waals surface area contributed by atoms with E-state index in [1.807, 2.05) is 24.3 Å². The summed E-state index contributed by atoms with van der Waals surface area (Å²) in [7, 11) is 0. The molecule has 0 unspecified atom stereocenters. The van der Waals surface area contributed by atoms with Crippen molar-refractivity contribution in [3.8, 4) is 11.1 Å². The standard InChI is InChI=1S/C20H20NO2/c1-12(2)11-13(3)21-20(23)17-10-6-9-16-18(17)14-7-4-5-8-15(14)19(16)22/h4-10,12-13H,3,11H2,1-2H3,(H,21,23)/t13-/m0/s1. The van der Waals surface area contributed by atoms with Crippen molar-refractivity contribution in [3.05, 3.63) is 66.1 Å². The Balaban J connectivity index is 1.98. The molecular weight excluding hydrogens is 286 g/mol. The van der Waals surface area contributed by atoms with E-state index in [0.29, 0.717) is 22.6 Å². The summed E-state index contributed by atoms with van der Waals surface area (Å²) in [5.74, 6) is 0.271. The third-order valence-corrected chi connectivity index (χ3v) is 4.09. The molecule has 0 spiro atoms. The fourth-order valence-electron chi connectivity index (χ4n) is 3.16. The highest BCUT2D eigenvalue weighted by Gasteiger charge is 2.30. The zero-order valence-electron chi connectivity index (χ0n) is 13.4. The van der Waals surface area contributed by atoms with Gasteiger partial charge in [0.05, 0.1) is 0 Å². The molecule has 2 aromatic carbocycles. The maximum Gasteiger partial charge on any atom is 0.252 e. The van der Waals surface area contributed by atoms with Gasteiger partial charge in [-0.25, -0.2) is 0 Å². The predicted molar refractivity (Wildman–Crippen MR) is 91.4 cm³/mol. The molecule has 0 heterocycles. The number of hydrogen-bond donors (Lipinski definition) is 1. The van der Waals surface area contributed by atoms with Gasteiger partial charge in [0, 0.05) is 28.3 Å². The van der Waals surface area contributed by atoms with E-state index < -0.39 is 0 Å². The van der Waals surface area contributed by atoms with E-state index in [1.165, 1.54) is 0 Å². The summed E-state index contributed by atoms with van der Waals surface area (Å²) >= 11 is 0. The van der Waals surface area contributed by atoms with Crippen LogP contribution in [-0.2, 0) is 0 Å². The molecule has 3 nitrogen and oxygen atoms in total. The molecule has 1 N–H and O–H groups in total. The summed E-state index contributed by atoms with van der Waals surface area (Å²) in [4.78, 5) is 25.1. The molecule has 1 amide bonds. The van der Waals surface area contributed by atoms with Crippen LogP contribution in [0.25, 0.3) is 11.1 Å². The molecule has 1 radical (unpaired) electrons. The normalized spacial score (nSPS) is 13.7. The van der Waals surface area contributed by atoms with Crippen LogP contribution < -0.4 is 5.32 Å². The smallest absolute Gasteiger partial charge is 0.252 e. The van der Waals surface area contributed by atoms with Crippen LogP contribution in [0.4, 0.5) is 0 Å². The maximum absolute atomic E-state index is 12.7. The number of carbonyl (C=O) groups is 2. The van der Waals surface area contributed by atoms with Crippen molar-refractivity contribution in [1.82, 2.24) is 5.32 Å². The minimum Gasteiger partial charge on any atom is -0.349 e. The number of ketones is 1. The quantitative estimate of drug-likeness (QED) is 0.795. The number of rotatable bonds is 4. The van der Waals surface area contributed by atoms with Crippen LogP contribution >= 0.6 is 0 Å². The predicted octanol–water partition coefficient (Wildman–Crippen LogP) is 3.88. The molecule has 0 saturated carbocycles. The SMILES string of the molecule is [CH2][C@@H](CC(C)C)NC(=O)c1cccc2c1-c1ccccc1C2=O. The van der Waals surface area contributed by atoms with Gasteiger partial charge in [-0.05, 0) is 30.9 Å². The molecule has 2 aromatic rings. The second kappa shape index (κ2) is 5.99. The molecular formula is C20H20NO2. The summed E-state index contributed by atoms with van der Waals surface area (Å²) in [6, 6.07) is 12.6. The van der Waals surface area contributed by atoms with Gasteiger partial charge in [-0.15, -0.1) is 0 Å². The Hall–Kier alpha value is -2.42. The molecule has 0 saturated heterocycles. The number of carbonyl (C=O) groups excluding carboxylic acids is 2. The first-order valence-corrected chi connectivity index (χ1v) is 7.90. The number of hydrogen-bond acceptors (Lipinski definition) is 2. The average Bonchev–Trinajstić information content (AvgIpc) is 2.80. The summed E-state index contributed by atoms with van der Waals surface area (Å²) in [6.07, 6.45) is 0.816. The fraction of sp³-hybridized carbons (Fsp3) is 0.250. The highest BCUT2D eigenvalue weighted by molar-refractivity contribution is 6.24. The first-order valence-electron chi connectivity index (χ1n) is 7.90. The fourth-order valence-corrected chi connectivity index (χ4v) is 3.16. The van der Waals surface area contributed by atoms with Crippen molar-refractivity contribution in [3.63, 3.8) is 0 Å². The summed E-state index contributed by atoms with van der Waals surface area (Å²) < 4.78 is 0. The van der Waals surface area contributed by atoms with Crippen LogP contribution in [0.1, 0.15) is 46.5 Å². The average molecular weight is 306 g/mol. The molecule has 0 aliphatic heterocycles. The lowest BCUT2D eigenvalue weighted by Crippen LogP contribution is -2.34. The largest absolute Gasteiger partial charge is 0.349 e.